The number of unbranched alkanes of at least 4 members (excludes halogenated alkanes) is 1. The SMILES string of the molecule is CCCCC1=C2C(=C(C)C(=O)[C@@H]2c2ccccc2)CC(C(=O)OCC)(C(=O)OCC)CC1. The second kappa shape index (κ2) is 10.3. The van der Waals surface area contributed by atoms with Gasteiger partial charge in [0.15, 0.2) is 11.2 Å². The summed E-state index contributed by atoms with van der Waals surface area (Å²) >= 11 is 0. The van der Waals surface area contributed by atoms with Gasteiger partial charge >= 0.3 is 11.9 Å². The fourth-order valence-corrected chi connectivity index (χ4v) is 4.99. The van der Waals surface area contributed by atoms with E-state index in [1.807, 2.05) is 37.3 Å². The fraction of sp³-hybridized carbons (Fsp3) is 0.519. The van der Waals surface area contributed by atoms with E-state index in [1.54, 1.807) is 13.8 Å². The monoisotopic (exact) mass is 438 g/mol. The molecule has 0 spiro atoms. The van der Waals surface area contributed by atoms with E-state index in [1.165, 1.54) is 5.57 Å². The van der Waals surface area contributed by atoms with E-state index in [-0.39, 0.29) is 31.3 Å². The molecular weight excluding hydrogens is 404 g/mol. The molecule has 0 bridgehead atoms. The summed E-state index contributed by atoms with van der Waals surface area (Å²) in [4.78, 5) is 39.9. The number of benzene rings is 1. The zero-order valence-electron chi connectivity index (χ0n) is 19.7. The summed E-state index contributed by atoms with van der Waals surface area (Å²) in [6, 6.07) is 9.80. The van der Waals surface area contributed by atoms with Crippen LogP contribution in [0.15, 0.2) is 52.6 Å². The highest BCUT2D eigenvalue weighted by Crippen LogP contribution is 2.52. The van der Waals surface area contributed by atoms with Crippen molar-refractivity contribution in [1.29, 1.82) is 0 Å². The first-order valence-corrected chi connectivity index (χ1v) is 11.8. The van der Waals surface area contributed by atoms with Crippen LogP contribution in [0.5, 0.6) is 0 Å². The first-order chi connectivity index (χ1) is 15.4. The molecule has 1 aromatic carbocycles. The lowest BCUT2D eigenvalue weighted by molar-refractivity contribution is -0.172. The van der Waals surface area contributed by atoms with Gasteiger partial charge in [0.1, 0.15) is 0 Å². The molecule has 0 amide bonds. The molecule has 0 radical (unpaired) electrons. The summed E-state index contributed by atoms with van der Waals surface area (Å²) < 4.78 is 10.8. The van der Waals surface area contributed by atoms with E-state index >= 15 is 0 Å². The normalized spacial score (nSPS) is 20.1. The maximum Gasteiger partial charge on any atom is 0.323 e. The Kier molecular flexibility index (Phi) is 7.70. The Morgan fingerprint density at radius 3 is 2.22 bits per heavy atom. The molecule has 1 atom stereocenters. The van der Waals surface area contributed by atoms with Crippen molar-refractivity contribution in [2.45, 2.75) is 72.1 Å². The summed E-state index contributed by atoms with van der Waals surface area (Å²) in [5.74, 6) is -1.42. The summed E-state index contributed by atoms with van der Waals surface area (Å²) in [6.07, 6.45) is 3.92. The molecule has 0 heterocycles. The van der Waals surface area contributed by atoms with Crippen molar-refractivity contribution in [3.8, 4) is 0 Å². The number of carbonyl (C=O) groups is 3. The lowest BCUT2D eigenvalue weighted by Gasteiger charge is -2.28. The Morgan fingerprint density at radius 2 is 1.66 bits per heavy atom. The van der Waals surface area contributed by atoms with Crippen molar-refractivity contribution < 1.29 is 23.9 Å². The average Bonchev–Trinajstić information content (AvgIpc) is 2.93. The minimum absolute atomic E-state index is 0.0544. The van der Waals surface area contributed by atoms with Crippen LogP contribution in [0.25, 0.3) is 0 Å². The van der Waals surface area contributed by atoms with Gasteiger partial charge in [-0.1, -0.05) is 49.2 Å². The number of rotatable bonds is 8. The first-order valence-electron chi connectivity index (χ1n) is 11.8. The van der Waals surface area contributed by atoms with Crippen LogP contribution < -0.4 is 0 Å². The van der Waals surface area contributed by atoms with Gasteiger partial charge in [-0.2, -0.15) is 0 Å². The first kappa shape index (κ1) is 24.0. The largest absolute Gasteiger partial charge is 0.465 e. The number of ether oxygens (including phenoxy) is 2. The Balaban J connectivity index is 2.16. The van der Waals surface area contributed by atoms with Gasteiger partial charge in [0.05, 0.1) is 19.1 Å². The highest BCUT2D eigenvalue weighted by molar-refractivity contribution is 6.09. The molecule has 5 heteroatoms. The summed E-state index contributed by atoms with van der Waals surface area (Å²) in [7, 11) is 0. The van der Waals surface area contributed by atoms with Crippen molar-refractivity contribution >= 4 is 17.7 Å². The minimum Gasteiger partial charge on any atom is -0.465 e. The maximum atomic E-state index is 13.5. The summed E-state index contributed by atoms with van der Waals surface area (Å²) in [5, 5.41) is 0. The molecule has 0 saturated carbocycles. The van der Waals surface area contributed by atoms with Gasteiger partial charge in [-0.15, -0.1) is 0 Å². The Morgan fingerprint density at radius 1 is 1.03 bits per heavy atom. The number of carbonyl (C=O) groups excluding carboxylic acids is 3. The highest BCUT2D eigenvalue weighted by Gasteiger charge is 2.53. The summed E-state index contributed by atoms with van der Waals surface area (Å²) in [5.41, 5.74) is 3.19. The predicted octanol–water partition coefficient (Wildman–Crippen LogP) is 5.45. The Bertz CT molecular complexity index is 920. The molecule has 0 aliphatic heterocycles. The number of allylic oxidation sites excluding steroid dienone is 4. The van der Waals surface area contributed by atoms with E-state index in [2.05, 4.69) is 6.92 Å². The molecule has 0 fully saturated rings. The Labute approximate surface area is 190 Å². The molecule has 1 aromatic rings. The highest BCUT2D eigenvalue weighted by atomic mass is 16.6. The second-order valence-corrected chi connectivity index (χ2v) is 8.63. The van der Waals surface area contributed by atoms with Gasteiger partial charge in [-0.3, -0.25) is 14.4 Å². The molecule has 0 saturated heterocycles. The van der Waals surface area contributed by atoms with Gasteiger partial charge in [-0.25, -0.2) is 0 Å². The van der Waals surface area contributed by atoms with Gasteiger partial charge in [0.2, 0.25) is 0 Å². The van der Waals surface area contributed by atoms with Crippen LogP contribution in [0.3, 0.4) is 0 Å². The smallest absolute Gasteiger partial charge is 0.323 e. The molecule has 2 aliphatic carbocycles. The molecule has 172 valence electrons. The van der Waals surface area contributed by atoms with Crippen LogP contribution in [-0.4, -0.2) is 30.9 Å². The average molecular weight is 439 g/mol. The Hall–Kier alpha value is -2.69. The lowest BCUT2D eigenvalue weighted by Crippen LogP contribution is -2.42. The lowest BCUT2D eigenvalue weighted by atomic mass is 9.77. The number of Topliss-reactive ketones (excluding diaryl/α,β-unsaturated/α-hetero) is 1. The van der Waals surface area contributed by atoms with Crippen LogP contribution in [0, 0.1) is 5.41 Å². The van der Waals surface area contributed by atoms with E-state index in [4.69, 9.17) is 9.47 Å². The van der Waals surface area contributed by atoms with Gasteiger partial charge in [0.25, 0.3) is 0 Å². The maximum absolute atomic E-state index is 13.5. The van der Waals surface area contributed by atoms with Crippen LogP contribution in [-0.2, 0) is 23.9 Å². The van der Waals surface area contributed by atoms with Crippen molar-refractivity contribution in [3.63, 3.8) is 0 Å². The third-order valence-electron chi connectivity index (χ3n) is 6.71. The van der Waals surface area contributed by atoms with E-state index < -0.39 is 17.4 Å². The van der Waals surface area contributed by atoms with Crippen LogP contribution in [0.1, 0.15) is 77.7 Å². The van der Waals surface area contributed by atoms with Crippen LogP contribution >= 0.6 is 0 Å². The molecule has 0 unspecified atom stereocenters. The third kappa shape index (κ3) is 4.30. The van der Waals surface area contributed by atoms with Gasteiger partial charge < -0.3 is 9.47 Å². The molecule has 5 nitrogen and oxygen atoms in total. The molecule has 0 N–H and O–H groups in total. The molecule has 3 rings (SSSR count). The number of ketones is 1. The van der Waals surface area contributed by atoms with Crippen LogP contribution in [0.2, 0.25) is 0 Å². The third-order valence-corrected chi connectivity index (χ3v) is 6.71. The van der Waals surface area contributed by atoms with Crippen LogP contribution in [0.4, 0.5) is 0 Å². The second-order valence-electron chi connectivity index (χ2n) is 8.63. The topological polar surface area (TPSA) is 69.7 Å². The minimum atomic E-state index is -1.42. The van der Waals surface area contributed by atoms with E-state index in [9.17, 15) is 14.4 Å². The number of esters is 2. The zero-order valence-corrected chi connectivity index (χ0v) is 19.7. The molecule has 32 heavy (non-hydrogen) atoms. The quantitative estimate of drug-likeness (QED) is 0.399. The van der Waals surface area contributed by atoms with Gasteiger partial charge in [-0.05, 0) is 75.2 Å². The zero-order chi connectivity index (χ0) is 23.3. The molecule has 2 aliphatic rings. The van der Waals surface area contributed by atoms with Crippen molar-refractivity contribution in [3.05, 3.63) is 58.2 Å². The predicted molar refractivity (Wildman–Crippen MR) is 123 cm³/mol. The number of fused-ring (bicyclic) bond motifs is 1. The van der Waals surface area contributed by atoms with Crippen molar-refractivity contribution in [2.75, 3.05) is 13.2 Å². The van der Waals surface area contributed by atoms with Gasteiger partial charge in [0, 0.05) is 0 Å². The number of hydrogen-bond acceptors (Lipinski definition) is 5. The molecular formula is C27H34O5. The molecule has 0 aromatic heterocycles. The van der Waals surface area contributed by atoms with E-state index in [0.717, 1.165) is 36.0 Å². The summed E-state index contributed by atoms with van der Waals surface area (Å²) in [6.45, 7) is 7.81. The van der Waals surface area contributed by atoms with E-state index in [0.29, 0.717) is 18.4 Å². The number of hydrogen-bond donors (Lipinski definition) is 0. The van der Waals surface area contributed by atoms with Crippen molar-refractivity contribution in [1.82, 2.24) is 0 Å². The standard InChI is InChI=1S/C27H34O5/c1-5-8-12-20-15-16-27(25(29)31-6-2,26(30)32-7-3)17-21-18(4)24(28)23(22(20)21)19-13-10-9-11-14-19/h9-11,13-14,23H,5-8,12,15-17H2,1-4H3/t23-/m1/s1. The van der Waals surface area contributed by atoms with Crippen molar-refractivity contribution in [2.24, 2.45) is 5.41 Å². The fourth-order valence-electron chi connectivity index (χ4n) is 4.99.